The maximum atomic E-state index is 12.4. The van der Waals surface area contributed by atoms with Gasteiger partial charge in [-0.15, -0.1) is 0 Å². The Morgan fingerprint density at radius 3 is 2.17 bits per heavy atom. The van der Waals surface area contributed by atoms with Crippen LogP contribution in [0.3, 0.4) is 0 Å². The molecule has 1 aromatic rings. The third-order valence-electron chi connectivity index (χ3n) is 2.38. The first-order chi connectivity index (χ1) is 8.09. The molecule has 7 heteroatoms. The van der Waals surface area contributed by atoms with Crippen molar-refractivity contribution in [1.82, 2.24) is 0 Å². The molecule has 0 aliphatic rings. The fraction of sp³-hybridized carbons (Fsp3) is 0.455. The molecule has 2 N–H and O–H groups in total. The molecular formula is C11H11F6N. The van der Waals surface area contributed by atoms with E-state index in [9.17, 15) is 26.3 Å². The summed E-state index contributed by atoms with van der Waals surface area (Å²) in [4.78, 5) is 0. The Kier molecular flexibility index (Phi) is 4.26. The van der Waals surface area contributed by atoms with Crippen molar-refractivity contribution in [2.75, 3.05) is 0 Å². The van der Waals surface area contributed by atoms with E-state index in [4.69, 9.17) is 5.73 Å². The van der Waals surface area contributed by atoms with Gasteiger partial charge in [0.05, 0.1) is 5.56 Å². The number of rotatable bonds is 3. The number of nitrogens with two attached hydrogens (primary N) is 1. The lowest BCUT2D eigenvalue weighted by Crippen LogP contribution is -2.16. The third-order valence-corrected chi connectivity index (χ3v) is 2.38. The zero-order chi connectivity index (χ0) is 14.0. The molecule has 18 heavy (non-hydrogen) atoms. The Balaban J connectivity index is 2.78. The summed E-state index contributed by atoms with van der Waals surface area (Å²) >= 11 is 0. The van der Waals surface area contributed by atoms with Crippen molar-refractivity contribution in [3.8, 4) is 0 Å². The molecule has 0 spiro atoms. The van der Waals surface area contributed by atoms with E-state index in [1.165, 1.54) is 6.07 Å². The number of hydrogen-bond acceptors (Lipinski definition) is 1. The van der Waals surface area contributed by atoms with Crippen LogP contribution in [0.5, 0.6) is 0 Å². The van der Waals surface area contributed by atoms with Crippen molar-refractivity contribution >= 4 is 0 Å². The largest absolute Gasteiger partial charge is 0.416 e. The van der Waals surface area contributed by atoms with Gasteiger partial charge in [0.1, 0.15) is 0 Å². The SMILES string of the molecule is N[C@@H](CCC(F)(F)F)c1cccc(C(F)(F)F)c1. The zero-order valence-corrected chi connectivity index (χ0v) is 9.15. The second-order valence-corrected chi connectivity index (χ2v) is 3.88. The molecule has 1 atom stereocenters. The normalized spacial score (nSPS) is 14.6. The molecule has 1 nitrogen and oxygen atoms in total. The highest BCUT2D eigenvalue weighted by Gasteiger charge is 2.31. The van der Waals surface area contributed by atoms with Crippen molar-refractivity contribution in [3.63, 3.8) is 0 Å². The van der Waals surface area contributed by atoms with Gasteiger partial charge in [-0.05, 0) is 24.1 Å². The summed E-state index contributed by atoms with van der Waals surface area (Å²) in [5.74, 6) is 0. The molecule has 0 aromatic heterocycles. The van der Waals surface area contributed by atoms with Crippen LogP contribution in [0.1, 0.15) is 30.0 Å². The lowest BCUT2D eigenvalue weighted by atomic mass is 10.0. The molecule has 0 aliphatic carbocycles. The van der Waals surface area contributed by atoms with Crippen molar-refractivity contribution in [2.45, 2.75) is 31.2 Å². The summed E-state index contributed by atoms with van der Waals surface area (Å²) in [5, 5.41) is 0. The van der Waals surface area contributed by atoms with Gasteiger partial charge in [0, 0.05) is 12.5 Å². The van der Waals surface area contributed by atoms with Gasteiger partial charge in [0.25, 0.3) is 0 Å². The van der Waals surface area contributed by atoms with Gasteiger partial charge in [0.15, 0.2) is 0 Å². The van der Waals surface area contributed by atoms with E-state index in [-0.39, 0.29) is 5.56 Å². The lowest BCUT2D eigenvalue weighted by molar-refractivity contribution is -0.138. The highest BCUT2D eigenvalue weighted by Crippen LogP contribution is 2.32. The fourth-order valence-electron chi connectivity index (χ4n) is 1.43. The van der Waals surface area contributed by atoms with E-state index in [1.807, 2.05) is 0 Å². The van der Waals surface area contributed by atoms with Crippen LogP contribution in [0.25, 0.3) is 0 Å². The predicted octanol–water partition coefficient (Wildman–Crippen LogP) is 4.05. The smallest absolute Gasteiger partial charge is 0.324 e. The fourth-order valence-corrected chi connectivity index (χ4v) is 1.43. The molecular weight excluding hydrogens is 260 g/mol. The third kappa shape index (κ3) is 4.56. The minimum Gasteiger partial charge on any atom is -0.324 e. The van der Waals surface area contributed by atoms with Crippen LogP contribution >= 0.6 is 0 Å². The number of halogens is 6. The average molecular weight is 271 g/mol. The standard InChI is InChI=1S/C11H11F6N/c12-10(13,14)5-4-9(18)7-2-1-3-8(6-7)11(15,16)17/h1-3,6,9H,4-5,18H2/t9-/m0/s1. The van der Waals surface area contributed by atoms with E-state index in [0.717, 1.165) is 18.2 Å². The van der Waals surface area contributed by atoms with Crippen molar-refractivity contribution in [1.29, 1.82) is 0 Å². The van der Waals surface area contributed by atoms with E-state index in [2.05, 4.69) is 0 Å². The Bertz CT molecular complexity index is 395. The summed E-state index contributed by atoms with van der Waals surface area (Å²) in [6.07, 6.45) is -10.5. The van der Waals surface area contributed by atoms with Crippen molar-refractivity contribution in [3.05, 3.63) is 35.4 Å². The highest BCUT2D eigenvalue weighted by atomic mass is 19.4. The first kappa shape index (κ1) is 14.8. The molecule has 0 saturated carbocycles. The van der Waals surface area contributed by atoms with Crippen LogP contribution in [0, 0.1) is 0 Å². The van der Waals surface area contributed by atoms with Crippen LogP contribution in [0.2, 0.25) is 0 Å². The Labute approximate surface area is 99.6 Å². The van der Waals surface area contributed by atoms with Crippen LogP contribution in [0.15, 0.2) is 24.3 Å². The molecule has 0 unspecified atom stereocenters. The second kappa shape index (κ2) is 5.17. The molecule has 0 saturated heterocycles. The Hall–Kier alpha value is -1.24. The first-order valence-corrected chi connectivity index (χ1v) is 5.09. The lowest BCUT2D eigenvalue weighted by Gasteiger charge is -2.15. The van der Waals surface area contributed by atoms with E-state index >= 15 is 0 Å². The minimum absolute atomic E-state index is 0.0501. The summed E-state index contributed by atoms with van der Waals surface area (Å²) in [5.41, 5.74) is 4.58. The van der Waals surface area contributed by atoms with Crippen LogP contribution in [-0.4, -0.2) is 6.18 Å². The molecule has 0 heterocycles. The van der Waals surface area contributed by atoms with Crippen LogP contribution < -0.4 is 5.73 Å². The molecule has 0 radical (unpaired) electrons. The number of hydrogen-bond donors (Lipinski definition) is 1. The zero-order valence-electron chi connectivity index (χ0n) is 9.15. The van der Waals surface area contributed by atoms with Gasteiger partial charge in [-0.25, -0.2) is 0 Å². The molecule has 1 rings (SSSR count). The Morgan fingerprint density at radius 2 is 1.67 bits per heavy atom. The van der Waals surface area contributed by atoms with E-state index in [0.29, 0.717) is 0 Å². The predicted molar refractivity (Wildman–Crippen MR) is 53.7 cm³/mol. The summed E-state index contributed by atoms with van der Waals surface area (Å²) in [6, 6.07) is 2.98. The van der Waals surface area contributed by atoms with Crippen LogP contribution in [0.4, 0.5) is 26.3 Å². The van der Waals surface area contributed by atoms with Gasteiger partial charge < -0.3 is 5.73 Å². The molecule has 102 valence electrons. The minimum atomic E-state index is -4.53. The van der Waals surface area contributed by atoms with Gasteiger partial charge in [0.2, 0.25) is 0 Å². The van der Waals surface area contributed by atoms with Crippen molar-refractivity contribution < 1.29 is 26.3 Å². The van der Waals surface area contributed by atoms with Gasteiger partial charge >= 0.3 is 12.4 Å². The van der Waals surface area contributed by atoms with Gasteiger partial charge in [-0.2, -0.15) is 26.3 Å². The van der Waals surface area contributed by atoms with E-state index in [1.54, 1.807) is 0 Å². The van der Waals surface area contributed by atoms with Gasteiger partial charge in [-0.3, -0.25) is 0 Å². The maximum Gasteiger partial charge on any atom is 0.416 e. The monoisotopic (exact) mass is 271 g/mol. The van der Waals surface area contributed by atoms with Crippen LogP contribution in [-0.2, 0) is 6.18 Å². The highest BCUT2D eigenvalue weighted by molar-refractivity contribution is 5.27. The Morgan fingerprint density at radius 1 is 1.06 bits per heavy atom. The topological polar surface area (TPSA) is 26.0 Å². The summed E-state index contributed by atoms with van der Waals surface area (Å²) in [6.45, 7) is 0. The summed E-state index contributed by atoms with van der Waals surface area (Å²) in [7, 11) is 0. The van der Waals surface area contributed by atoms with E-state index < -0.39 is 36.8 Å². The molecule has 0 bridgehead atoms. The van der Waals surface area contributed by atoms with Gasteiger partial charge in [-0.1, -0.05) is 12.1 Å². The second-order valence-electron chi connectivity index (χ2n) is 3.88. The molecule has 0 aliphatic heterocycles. The first-order valence-electron chi connectivity index (χ1n) is 5.09. The average Bonchev–Trinajstić information content (AvgIpc) is 2.24. The molecule has 0 fully saturated rings. The molecule has 0 amide bonds. The molecule has 1 aromatic carbocycles. The quantitative estimate of drug-likeness (QED) is 0.825. The summed E-state index contributed by atoms with van der Waals surface area (Å²) < 4.78 is 73.1. The number of alkyl halides is 6. The number of benzene rings is 1. The maximum absolute atomic E-state index is 12.4. The van der Waals surface area contributed by atoms with Crippen molar-refractivity contribution in [2.24, 2.45) is 5.73 Å².